The van der Waals surface area contributed by atoms with E-state index in [9.17, 15) is 14.4 Å². The third-order valence-electron chi connectivity index (χ3n) is 7.02. The summed E-state index contributed by atoms with van der Waals surface area (Å²) < 4.78 is 11.0. The molecule has 2 aliphatic rings. The van der Waals surface area contributed by atoms with Gasteiger partial charge in [0.25, 0.3) is 0 Å². The minimum Gasteiger partial charge on any atom is -0.497 e. The van der Waals surface area contributed by atoms with Crippen molar-refractivity contribution in [2.24, 2.45) is 5.92 Å². The van der Waals surface area contributed by atoms with Crippen LogP contribution in [0.25, 0.3) is 11.0 Å². The highest BCUT2D eigenvalue weighted by Crippen LogP contribution is 2.51. The number of carbonyl (C=O) groups excluding carboxylic acids is 2. The van der Waals surface area contributed by atoms with Crippen LogP contribution in [0.4, 0.5) is 5.69 Å². The Hall–Kier alpha value is -4.19. The SMILES string of the molecule is COc1ccc2c3c(c(=O)oc2c1)C1C(=O)N(c2ccccc2)C(=O)C1C(c1ccccc1)C3. The van der Waals surface area contributed by atoms with Crippen LogP contribution in [0.5, 0.6) is 5.75 Å². The Morgan fingerprint density at radius 2 is 1.59 bits per heavy atom. The molecule has 2 amide bonds. The first-order chi connectivity index (χ1) is 16.6. The van der Waals surface area contributed by atoms with Crippen molar-refractivity contribution < 1.29 is 18.7 Å². The summed E-state index contributed by atoms with van der Waals surface area (Å²) in [6.07, 6.45) is 0.455. The van der Waals surface area contributed by atoms with Gasteiger partial charge in [-0.25, -0.2) is 9.69 Å². The number of methoxy groups -OCH3 is 1. The van der Waals surface area contributed by atoms with Crippen molar-refractivity contribution in [2.45, 2.75) is 18.3 Å². The Kier molecular flexibility index (Phi) is 4.62. The largest absolute Gasteiger partial charge is 0.497 e. The van der Waals surface area contributed by atoms with Crippen LogP contribution in [0.2, 0.25) is 0 Å². The summed E-state index contributed by atoms with van der Waals surface area (Å²) in [5.74, 6) is -1.92. The van der Waals surface area contributed by atoms with Crippen LogP contribution in [0.1, 0.15) is 28.5 Å². The fraction of sp³-hybridized carbons (Fsp3) is 0.179. The van der Waals surface area contributed by atoms with Crippen molar-refractivity contribution in [3.05, 3.63) is 106 Å². The van der Waals surface area contributed by atoms with E-state index in [2.05, 4.69) is 0 Å². The zero-order valence-corrected chi connectivity index (χ0v) is 18.4. The van der Waals surface area contributed by atoms with Crippen LogP contribution >= 0.6 is 0 Å². The maximum absolute atomic E-state index is 13.8. The number of carbonyl (C=O) groups is 2. The Morgan fingerprint density at radius 3 is 2.29 bits per heavy atom. The van der Waals surface area contributed by atoms with Crippen molar-refractivity contribution in [3.63, 3.8) is 0 Å². The van der Waals surface area contributed by atoms with E-state index in [4.69, 9.17) is 9.15 Å². The lowest BCUT2D eigenvalue weighted by Gasteiger charge is -2.32. The highest BCUT2D eigenvalue weighted by molar-refractivity contribution is 6.24. The fourth-order valence-electron chi connectivity index (χ4n) is 5.53. The van der Waals surface area contributed by atoms with Gasteiger partial charge in [-0.3, -0.25) is 9.59 Å². The number of fused-ring (bicyclic) bond motifs is 5. The van der Waals surface area contributed by atoms with Gasteiger partial charge in [-0.05, 0) is 41.8 Å². The number of imide groups is 1. The molecule has 6 rings (SSSR count). The molecule has 1 aromatic heterocycles. The molecule has 168 valence electrons. The van der Waals surface area contributed by atoms with Crippen LogP contribution in [0, 0.1) is 5.92 Å². The van der Waals surface area contributed by atoms with E-state index >= 15 is 0 Å². The van der Waals surface area contributed by atoms with E-state index in [1.165, 1.54) is 4.90 Å². The first-order valence-corrected chi connectivity index (χ1v) is 11.2. The standard InChI is InChI=1S/C28H21NO5/c1-33-18-12-13-19-21-15-20(16-8-4-2-5-9-16)23-25(24(21)28(32)34-22(19)14-18)27(31)29(26(23)30)17-10-6-3-7-11-17/h2-14,20,23,25H,15H2,1H3. The number of hydrogen-bond donors (Lipinski definition) is 0. The van der Waals surface area contributed by atoms with Crippen molar-refractivity contribution in [3.8, 4) is 5.75 Å². The van der Waals surface area contributed by atoms with Crippen molar-refractivity contribution in [1.29, 1.82) is 0 Å². The third kappa shape index (κ3) is 2.91. The van der Waals surface area contributed by atoms with Crippen molar-refractivity contribution in [2.75, 3.05) is 12.0 Å². The number of hydrogen-bond acceptors (Lipinski definition) is 5. The van der Waals surface area contributed by atoms with Gasteiger partial charge in [0.05, 0.1) is 30.2 Å². The number of ether oxygens (including phenoxy) is 1. The van der Waals surface area contributed by atoms with Gasteiger partial charge in [0.1, 0.15) is 11.3 Å². The molecule has 4 aromatic rings. The second-order valence-corrected chi connectivity index (χ2v) is 8.72. The van der Waals surface area contributed by atoms with E-state index in [0.29, 0.717) is 29.0 Å². The van der Waals surface area contributed by atoms with Gasteiger partial charge in [-0.15, -0.1) is 0 Å². The number of rotatable bonds is 3. The molecular weight excluding hydrogens is 430 g/mol. The highest BCUT2D eigenvalue weighted by Gasteiger charge is 2.56. The van der Waals surface area contributed by atoms with Crippen molar-refractivity contribution >= 4 is 28.5 Å². The van der Waals surface area contributed by atoms with Gasteiger partial charge in [0.2, 0.25) is 11.8 Å². The van der Waals surface area contributed by atoms with Crippen molar-refractivity contribution in [1.82, 2.24) is 0 Å². The molecule has 0 spiro atoms. The molecule has 1 fully saturated rings. The minimum absolute atomic E-state index is 0.254. The number of nitrogens with zero attached hydrogens (tertiary/aromatic N) is 1. The van der Waals surface area contributed by atoms with E-state index in [0.717, 1.165) is 16.5 Å². The summed E-state index contributed by atoms with van der Waals surface area (Å²) in [6, 6.07) is 24.0. The molecule has 3 unspecified atom stereocenters. The van der Waals surface area contributed by atoms with Crippen LogP contribution < -0.4 is 15.3 Å². The minimum atomic E-state index is -0.899. The summed E-state index contributed by atoms with van der Waals surface area (Å²) in [5, 5.41) is 0.758. The van der Waals surface area contributed by atoms with Crippen LogP contribution in [0.15, 0.2) is 88.1 Å². The predicted molar refractivity (Wildman–Crippen MR) is 127 cm³/mol. The lowest BCUT2D eigenvalue weighted by molar-refractivity contribution is -0.122. The summed E-state index contributed by atoms with van der Waals surface area (Å²) in [4.78, 5) is 42.0. The molecule has 3 aromatic carbocycles. The van der Waals surface area contributed by atoms with Gasteiger partial charge >= 0.3 is 5.63 Å². The van der Waals surface area contributed by atoms with Crippen LogP contribution in [-0.4, -0.2) is 18.9 Å². The zero-order valence-electron chi connectivity index (χ0n) is 18.4. The van der Waals surface area contributed by atoms with Crippen LogP contribution in [0.3, 0.4) is 0 Å². The molecule has 1 aliphatic carbocycles. The Bertz CT molecular complexity index is 1490. The summed E-state index contributed by atoms with van der Waals surface area (Å²) in [5.41, 5.74) is 2.37. The van der Waals surface area contributed by atoms with Gasteiger partial charge in [0, 0.05) is 17.4 Å². The Balaban J connectivity index is 1.61. The highest BCUT2D eigenvalue weighted by atomic mass is 16.5. The predicted octanol–water partition coefficient (Wildman–Crippen LogP) is 4.41. The monoisotopic (exact) mass is 451 g/mol. The number of para-hydroxylation sites is 1. The maximum atomic E-state index is 13.8. The molecule has 0 N–H and O–H groups in total. The van der Waals surface area contributed by atoms with Gasteiger partial charge in [-0.2, -0.15) is 0 Å². The van der Waals surface area contributed by atoms with E-state index in [-0.39, 0.29) is 17.7 Å². The fourth-order valence-corrected chi connectivity index (χ4v) is 5.53. The summed E-state index contributed by atoms with van der Waals surface area (Å²) in [6.45, 7) is 0. The number of amides is 2. The van der Waals surface area contributed by atoms with E-state index in [1.807, 2.05) is 48.5 Å². The molecule has 0 saturated carbocycles. The molecule has 1 saturated heterocycles. The van der Waals surface area contributed by atoms with Gasteiger partial charge in [0.15, 0.2) is 0 Å². The Morgan fingerprint density at radius 1 is 0.882 bits per heavy atom. The van der Waals surface area contributed by atoms with E-state index in [1.54, 1.807) is 37.4 Å². The first-order valence-electron chi connectivity index (χ1n) is 11.2. The maximum Gasteiger partial charge on any atom is 0.340 e. The molecule has 0 radical (unpaired) electrons. The molecule has 6 nitrogen and oxygen atoms in total. The molecule has 0 bridgehead atoms. The topological polar surface area (TPSA) is 76.8 Å². The lowest BCUT2D eigenvalue weighted by Crippen LogP contribution is -2.34. The molecule has 6 heteroatoms. The normalized spacial score (nSPS) is 21.4. The molecule has 2 heterocycles. The van der Waals surface area contributed by atoms with Gasteiger partial charge < -0.3 is 9.15 Å². The number of anilines is 1. The number of benzene rings is 3. The molecule has 34 heavy (non-hydrogen) atoms. The van der Waals surface area contributed by atoms with E-state index < -0.39 is 17.5 Å². The second kappa shape index (κ2) is 7.70. The second-order valence-electron chi connectivity index (χ2n) is 8.72. The Labute approximate surface area is 195 Å². The lowest BCUT2D eigenvalue weighted by atomic mass is 9.67. The van der Waals surface area contributed by atoms with Crippen LogP contribution in [-0.2, 0) is 16.0 Å². The average molecular weight is 451 g/mol. The quantitative estimate of drug-likeness (QED) is 0.341. The molecular formula is C28H21NO5. The average Bonchev–Trinajstić information content (AvgIpc) is 3.14. The van der Waals surface area contributed by atoms with Gasteiger partial charge in [-0.1, -0.05) is 48.5 Å². The third-order valence-corrected chi connectivity index (χ3v) is 7.02. The first kappa shape index (κ1) is 20.4. The smallest absolute Gasteiger partial charge is 0.340 e. The summed E-state index contributed by atoms with van der Waals surface area (Å²) >= 11 is 0. The molecule has 1 aliphatic heterocycles. The zero-order chi connectivity index (χ0) is 23.4. The summed E-state index contributed by atoms with van der Waals surface area (Å²) in [7, 11) is 1.55. The molecule has 3 atom stereocenters.